The Morgan fingerprint density at radius 2 is 2.13 bits per heavy atom. The molecule has 0 aromatic heterocycles. The van der Waals surface area contributed by atoms with Gasteiger partial charge in [0.15, 0.2) is 0 Å². The monoisotopic (exact) mass is 245 g/mol. The van der Waals surface area contributed by atoms with Crippen molar-refractivity contribution in [2.75, 3.05) is 0 Å². The minimum Gasteiger partial charge on any atom is -0.480 e. The molecule has 1 aromatic carbocycles. The van der Waals surface area contributed by atoms with E-state index >= 15 is 0 Å². The van der Waals surface area contributed by atoms with Crippen LogP contribution in [0.5, 0.6) is 0 Å². The van der Waals surface area contributed by atoms with Gasteiger partial charge in [-0.3, -0.25) is 4.99 Å². The minimum atomic E-state index is -0.966. The van der Waals surface area contributed by atoms with Gasteiger partial charge < -0.3 is 5.11 Å². The number of hydrogen-bond donors (Lipinski definition) is 1. The summed E-state index contributed by atoms with van der Waals surface area (Å²) in [6.07, 6.45) is 1.46. The standard InChI is InChI=1S/C10H9Cl2NO2/c1-6(10(14)15)13-5-7-2-3-8(11)9(12)4-7/h2-6H,1H3,(H,14,15)/t6-/m0/s1. The maximum absolute atomic E-state index is 10.5. The highest BCUT2D eigenvalue weighted by molar-refractivity contribution is 6.42. The van der Waals surface area contributed by atoms with Crippen LogP contribution in [0.1, 0.15) is 12.5 Å². The number of rotatable bonds is 3. The van der Waals surface area contributed by atoms with E-state index in [0.717, 1.165) is 5.56 Å². The largest absolute Gasteiger partial charge is 0.480 e. The molecular weight excluding hydrogens is 237 g/mol. The Morgan fingerprint density at radius 1 is 1.47 bits per heavy atom. The number of aliphatic carboxylic acids is 1. The summed E-state index contributed by atoms with van der Waals surface area (Å²) < 4.78 is 0. The van der Waals surface area contributed by atoms with Crippen LogP contribution in [0.15, 0.2) is 23.2 Å². The lowest BCUT2D eigenvalue weighted by molar-refractivity contribution is -0.137. The van der Waals surface area contributed by atoms with Gasteiger partial charge in [0.1, 0.15) is 6.04 Å². The van der Waals surface area contributed by atoms with E-state index < -0.39 is 12.0 Å². The molecule has 0 heterocycles. The highest BCUT2D eigenvalue weighted by Crippen LogP contribution is 2.21. The highest BCUT2D eigenvalue weighted by atomic mass is 35.5. The van der Waals surface area contributed by atoms with Gasteiger partial charge in [0.25, 0.3) is 0 Å². The molecule has 0 saturated heterocycles. The van der Waals surface area contributed by atoms with Crippen LogP contribution in [0.3, 0.4) is 0 Å². The smallest absolute Gasteiger partial charge is 0.328 e. The lowest BCUT2D eigenvalue weighted by Gasteiger charge is -1.99. The maximum atomic E-state index is 10.5. The van der Waals surface area contributed by atoms with E-state index in [0.29, 0.717) is 10.0 Å². The Hall–Kier alpha value is -1.06. The zero-order valence-corrected chi connectivity index (χ0v) is 9.46. The normalized spacial score (nSPS) is 13.0. The molecule has 80 valence electrons. The van der Waals surface area contributed by atoms with Crippen LogP contribution in [0.2, 0.25) is 10.0 Å². The first-order valence-electron chi connectivity index (χ1n) is 4.21. The average Bonchev–Trinajstić information content (AvgIpc) is 2.19. The van der Waals surface area contributed by atoms with Crippen molar-refractivity contribution in [3.63, 3.8) is 0 Å². The fourth-order valence-corrected chi connectivity index (χ4v) is 1.16. The summed E-state index contributed by atoms with van der Waals surface area (Å²) in [4.78, 5) is 14.3. The Kier molecular flexibility index (Phi) is 4.12. The molecule has 0 unspecified atom stereocenters. The summed E-state index contributed by atoms with van der Waals surface area (Å²) in [5.41, 5.74) is 0.720. The van der Waals surface area contributed by atoms with Gasteiger partial charge in [-0.05, 0) is 24.6 Å². The number of carbonyl (C=O) groups is 1. The van der Waals surface area contributed by atoms with Crippen molar-refractivity contribution in [3.8, 4) is 0 Å². The van der Waals surface area contributed by atoms with Gasteiger partial charge >= 0.3 is 5.97 Å². The van der Waals surface area contributed by atoms with Gasteiger partial charge in [0.2, 0.25) is 0 Å². The van der Waals surface area contributed by atoms with Crippen LogP contribution in [0.25, 0.3) is 0 Å². The van der Waals surface area contributed by atoms with Gasteiger partial charge in [0, 0.05) is 6.21 Å². The number of hydrogen-bond acceptors (Lipinski definition) is 2. The Morgan fingerprint density at radius 3 is 2.67 bits per heavy atom. The van der Waals surface area contributed by atoms with Crippen molar-refractivity contribution in [1.29, 1.82) is 0 Å². The average molecular weight is 246 g/mol. The van der Waals surface area contributed by atoms with Crippen molar-refractivity contribution < 1.29 is 9.90 Å². The number of aliphatic imine (C=N–C) groups is 1. The van der Waals surface area contributed by atoms with Gasteiger partial charge in [0.05, 0.1) is 10.0 Å². The molecule has 0 saturated carbocycles. The molecule has 0 amide bonds. The second-order valence-corrected chi connectivity index (χ2v) is 3.78. The van der Waals surface area contributed by atoms with Crippen molar-refractivity contribution in [2.45, 2.75) is 13.0 Å². The van der Waals surface area contributed by atoms with Crippen molar-refractivity contribution in [2.24, 2.45) is 4.99 Å². The lowest BCUT2D eigenvalue weighted by atomic mass is 10.2. The zero-order chi connectivity index (χ0) is 11.4. The second-order valence-electron chi connectivity index (χ2n) is 2.97. The third kappa shape index (κ3) is 3.53. The van der Waals surface area contributed by atoms with Crippen LogP contribution < -0.4 is 0 Å². The van der Waals surface area contributed by atoms with E-state index in [1.54, 1.807) is 18.2 Å². The molecule has 0 radical (unpaired) electrons. The van der Waals surface area contributed by atoms with E-state index in [4.69, 9.17) is 28.3 Å². The summed E-state index contributed by atoms with van der Waals surface area (Å²) >= 11 is 11.5. The summed E-state index contributed by atoms with van der Waals surface area (Å²) in [6.45, 7) is 1.50. The molecule has 0 aliphatic rings. The fourth-order valence-electron chi connectivity index (χ4n) is 0.854. The van der Waals surface area contributed by atoms with Gasteiger partial charge in [-0.2, -0.15) is 0 Å². The van der Waals surface area contributed by atoms with Crippen LogP contribution in [-0.4, -0.2) is 23.3 Å². The van der Waals surface area contributed by atoms with Crippen LogP contribution in [0.4, 0.5) is 0 Å². The molecule has 0 bridgehead atoms. The third-order valence-corrected chi connectivity index (χ3v) is 2.49. The van der Waals surface area contributed by atoms with Gasteiger partial charge in [-0.25, -0.2) is 4.79 Å². The first-order valence-corrected chi connectivity index (χ1v) is 4.97. The predicted molar refractivity (Wildman–Crippen MR) is 61.2 cm³/mol. The first kappa shape index (κ1) is 12.0. The van der Waals surface area contributed by atoms with E-state index in [1.165, 1.54) is 13.1 Å². The highest BCUT2D eigenvalue weighted by Gasteiger charge is 2.06. The number of halogens is 2. The van der Waals surface area contributed by atoms with Gasteiger partial charge in [-0.15, -0.1) is 0 Å². The molecule has 1 atom stereocenters. The Balaban J connectivity index is 2.81. The minimum absolute atomic E-state index is 0.420. The number of carboxylic acids is 1. The van der Waals surface area contributed by atoms with Crippen molar-refractivity contribution >= 4 is 35.4 Å². The molecule has 1 aromatic rings. The maximum Gasteiger partial charge on any atom is 0.328 e. The molecule has 5 heteroatoms. The summed E-state index contributed by atoms with van der Waals surface area (Å²) in [5.74, 6) is -0.966. The summed E-state index contributed by atoms with van der Waals surface area (Å²) in [7, 11) is 0. The molecule has 15 heavy (non-hydrogen) atoms. The molecule has 3 nitrogen and oxygen atoms in total. The molecular formula is C10H9Cl2NO2. The van der Waals surface area contributed by atoms with Crippen molar-refractivity contribution in [1.82, 2.24) is 0 Å². The third-order valence-electron chi connectivity index (χ3n) is 1.75. The fraction of sp³-hybridized carbons (Fsp3) is 0.200. The molecule has 0 aliphatic heterocycles. The van der Waals surface area contributed by atoms with Gasteiger partial charge in [-0.1, -0.05) is 29.3 Å². The van der Waals surface area contributed by atoms with E-state index in [1.807, 2.05) is 0 Å². The molecule has 0 aliphatic carbocycles. The number of carboxylic acid groups (broad SMARTS) is 1. The quantitative estimate of drug-likeness (QED) is 0.833. The van der Waals surface area contributed by atoms with Crippen LogP contribution in [0, 0.1) is 0 Å². The summed E-state index contributed by atoms with van der Waals surface area (Å²) in [5, 5.41) is 9.48. The molecule has 1 N–H and O–H groups in total. The van der Waals surface area contributed by atoms with E-state index in [2.05, 4.69) is 4.99 Å². The van der Waals surface area contributed by atoms with Crippen molar-refractivity contribution in [3.05, 3.63) is 33.8 Å². The molecule has 1 rings (SSSR count). The van der Waals surface area contributed by atoms with Crippen LogP contribution in [-0.2, 0) is 4.79 Å². The lowest BCUT2D eigenvalue weighted by Crippen LogP contribution is -2.13. The SMILES string of the molecule is C[C@H](N=Cc1ccc(Cl)c(Cl)c1)C(=O)O. The first-order chi connectivity index (χ1) is 7.00. The zero-order valence-electron chi connectivity index (χ0n) is 7.95. The molecule has 0 spiro atoms. The summed E-state index contributed by atoms with van der Waals surface area (Å²) in [6, 6.07) is 4.21. The van der Waals surface area contributed by atoms with E-state index in [-0.39, 0.29) is 0 Å². The topological polar surface area (TPSA) is 49.7 Å². The Bertz CT molecular complexity index is 404. The van der Waals surface area contributed by atoms with E-state index in [9.17, 15) is 4.79 Å². The van der Waals surface area contributed by atoms with Crippen LogP contribution >= 0.6 is 23.2 Å². The number of benzene rings is 1. The predicted octanol–water partition coefficient (Wildman–Crippen LogP) is 2.89. The number of nitrogens with zero attached hydrogens (tertiary/aromatic N) is 1. The molecule has 0 fully saturated rings. The Labute approximate surface area is 97.3 Å². The second kappa shape index (κ2) is 5.14.